The van der Waals surface area contributed by atoms with E-state index in [0.717, 1.165) is 5.56 Å². The Morgan fingerprint density at radius 2 is 1.38 bits per heavy atom. The molecule has 4 aromatic rings. The van der Waals surface area contributed by atoms with Crippen molar-refractivity contribution in [2.45, 2.75) is 12.5 Å². The first kappa shape index (κ1) is 22.4. The van der Waals surface area contributed by atoms with Gasteiger partial charge in [0.15, 0.2) is 5.69 Å². The zero-order valence-electron chi connectivity index (χ0n) is 17.9. The van der Waals surface area contributed by atoms with E-state index in [2.05, 4.69) is 26.4 Å². The summed E-state index contributed by atoms with van der Waals surface area (Å²) < 4.78 is 0. The summed E-state index contributed by atoms with van der Waals surface area (Å²) in [6, 6.07) is 23.2. The highest BCUT2D eigenvalue weighted by Gasteiger charge is 2.23. The lowest BCUT2D eigenvalue weighted by Gasteiger charge is -2.19. The fourth-order valence-electron chi connectivity index (χ4n) is 3.44. The Hall–Kier alpha value is -4.79. The number of hydrogen-bond donors (Lipinski definition) is 4. The van der Waals surface area contributed by atoms with Gasteiger partial charge in [-0.3, -0.25) is 30.0 Å². The van der Waals surface area contributed by atoms with Crippen LogP contribution in [-0.4, -0.2) is 34.0 Å². The molecule has 0 fully saturated rings. The number of hydrogen-bond acceptors (Lipinski definition) is 5. The predicted molar refractivity (Wildman–Crippen MR) is 126 cm³/mol. The van der Waals surface area contributed by atoms with Gasteiger partial charge in [0, 0.05) is 17.4 Å². The first-order valence-corrected chi connectivity index (χ1v) is 10.5. The molecule has 9 heteroatoms. The monoisotopic (exact) mass is 455 g/mol. The number of rotatable bonds is 6. The van der Waals surface area contributed by atoms with Crippen molar-refractivity contribution in [2.24, 2.45) is 0 Å². The quantitative estimate of drug-likeness (QED) is 0.329. The number of fused-ring (bicyclic) bond motifs is 1. The van der Waals surface area contributed by atoms with Crippen molar-refractivity contribution in [1.29, 1.82) is 0 Å². The van der Waals surface area contributed by atoms with Gasteiger partial charge in [-0.15, -0.1) is 0 Å². The summed E-state index contributed by atoms with van der Waals surface area (Å²) >= 11 is 0. The number of amides is 3. The summed E-state index contributed by atoms with van der Waals surface area (Å²) in [5, 5.41) is 9.45. The molecule has 4 N–H and O–H groups in total. The fourth-order valence-corrected chi connectivity index (χ4v) is 3.44. The number of carbonyl (C=O) groups excluding carboxylic acids is 3. The van der Waals surface area contributed by atoms with E-state index in [4.69, 9.17) is 0 Å². The highest BCUT2D eigenvalue weighted by atomic mass is 16.2. The Morgan fingerprint density at radius 3 is 2.09 bits per heavy atom. The SMILES string of the molecule is O=C(N[C@H](Cc1ccccc1)C(=O)NNC(=O)c1n[nH]c(=O)c2ccccc12)c1ccccc1. The van der Waals surface area contributed by atoms with Crippen LogP contribution in [0.4, 0.5) is 0 Å². The lowest BCUT2D eigenvalue weighted by Crippen LogP contribution is -2.53. The van der Waals surface area contributed by atoms with Crippen molar-refractivity contribution in [3.8, 4) is 0 Å². The van der Waals surface area contributed by atoms with Crippen LogP contribution in [0, 0.1) is 0 Å². The van der Waals surface area contributed by atoms with Gasteiger partial charge < -0.3 is 5.32 Å². The number of hydrazine groups is 1. The number of nitrogens with one attached hydrogen (secondary N) is 4. The minimum atomic E-state index is -0.962. The van der Waals surface area contributed by atoms with Gasteiger partial charge in [-0.25, -0.2) is 5.10 Å². The first-order valence-electron chi connectivity index (χ1n) is 10.5. The van der Waals surface area contributed by atoms with Gasteiger partial charge in [0.05, 0.1) is 5.39 Å². The van der Waals surface area contributed by atoms with Crippen LogP contribution in [-0.2, 0) is 11.2 Å². The standard InChI is InChI=1S/C25H21N5O4/c31-22(17-11-5-2-6-12-17)26-20(15-16-9-3-1-4-10-16)24(33)29-30-25(34)21-18-13-7-8-14-19(18)23(32)28-27-21/h1-14,20H,15H2,(H,26,31)(H,28,32)(H,29,33)(H,30,34)/t20-/m1/s1. The van der Waals surface area contributed by atoms with E-state index in [1.165, 1.54) is 0 Å². The molecule has 0 bridgehead atoms. The van der Waals surface area contributed by atoms with E-state index >= 15 is 0 Å². The number of H-pyrrole nitrogens is 1. The highest BCUT2D eigenvalue weighted by molar-refractivity contribution is 6.05. The lowest BCUT2D eigenvalue weighted by molar-refractivity contribution is -0.123. The molecule has 0 saturated heterocycles. The van der Waals surface area contributed by atoms with E-state index in [0.29, 0.717) is 16.3 Å². The van der Waals surface area contributed by atoms with Crippen molar-refractivity contribution in [3.05, 3.63) is 112 Å². The second kappa shape index (κ2) is 10.2. The van der Waals surface area contributed by atoms with Gasteiger partial charge in [0.25, 0.3) is 23.3 Å². The van der Waals surface area contributed by atoms with E-state index < -0.39 is 29.3 Å². The molecule has 1 aromatic heterocycles. The van der Waals surface area contributed by atoms with E-state index in [-0.39, 0.29) is 12.1 Å². The van der Waals surface area contributed by atoms with Crippen LogP contribution >= 0.6 is 0 Å². The third-order valence-electron chi connectivity index (χ3n) is 5.15. The normalized spacial score (nSPS) is 11.4. The molecule has 0 saturated carbocycles. The van der Waals surface area contributed by atoms with E-state index in [1.807, 2.05) is 30.3 Å². The Labute approximate surface area is 194 Å². The molecule has 3 amide bonds. The number of aromatic amines is 1. The Bertz CT molecular complexity index is 1390. The number of aromatic nitrogens is 2. The third-order valence-corrected chi connectivity index (χ3v) is 5.15. The van der Waals surface area contributed by atoms with Crippen LogP contribution < -0.4 is 21.7 Å². The smallest absolute Gasteiger partial charge is 0.290 e. The molecule has 0 unspecified atom stereocenters. The molecule has 0 aliphatic heterocycles. The molecule has 0 aliphatic rings. The zero-order valence-corrected chi connectivity index (χ0v) is 17.9. The van der Waals surface area contributed by atoms with Crippen LogP contribution in [0.1, 0.15) is 26.4 Å². The minimum absolute atomic E-state index is 0.0524. The van der Waals surface area contributed by atoms with Crippen LogP contribution in [0.3, 0.4) is 0 Å². The van der Waals surface area contributed by atoms with Gasteiger partial charge in [-0.2, -0.15) is 5.10 Å². The summed E-state index contributed by atoms with van der Waals surface area (Å²) in [4.78, 5) is 50.3. The van der Waals surface area contributed by atoms with Crippen LogP contribution in [0.15, 0.2) is 89.7 Å². The Balaban J connectivity index is 1.50. The van der Waals surface area contributed by atoms with E-state index in [1.54, 1.807) is 54.6 Å². The second-order valence-corrected chi connectivity index (χ2v) is 7.47. The summed E-state index contributed by atoms with van der Waals surface area (Å²) in [5.41, 5.74) is 5.42. The summed E-state index contributed by atoms with van der Waals surface area (Å²) in [5.74, 6) is -1.75. The van der Waals surface area contributed by atoms with Gasteiger partial charge >= 0.3 is 0 Å². The average molecular weight is 455 g/mol. The van der Waals surface area contributed by atoms with Crippen molar-refractivity contribution in [2.75, 3.05) is 0 Å². The summed E-state index contributed by atoms with van der Waals surface area (Å²) in [7, 11) is 0. The molecule has 0 radical (unpaired) electrons. The number of benzene rings is 3. The van der Waals surface area contributed by atoms with E-state index in [9.17, 15) is 19.2 Å². The maximum Gasteiger partial charge on any atom is 0.290 e. The molecular formula is C25H21N5O4. The summed E-state index contributed by atoms with van der Waals surface area (Å²) in [6.45, 7) is 0. The topological polar surface area (TPSA) is 133 Å². The minimum Gasteiger partial charge on any atom is -0.340 e. The molecule has 0 spiro atoms. The van der Waals surface area contributed by atoms with Gasteiger partial charge in [-0.1, -0.05) is 66.7 Å². The predicted octanol–water partition coefficient (Wildman–Crippen LogP) is 1.73. The second-order valence-electron chi connectivity index (χ2n) is 7.47. The Kier molecular flexibility index (Phi) is 6.73. The van der Waals surface area contributed by atoms with Gasteiger partial charge in [0.2, 0.25) is 0 Å². The molecule has 0 aliphatic carbocycles. The van der Waals surface area contributed by atoms with Crippen molar-refractivity contribution in [1.82, 2.24) is 26.4 Å². The molecule has 34 heavy (non-hydrogen) atoms. The van der Waals surface area contributed by atoms with Crippen LogP contribution in [0.5, 0.6) is 0 Å². The first-order chi connectivity index (χ1) is 16.5. The van der Waals surface area contributed by atoms with Crippen molar-refractivity contribution < 1.29 is 14.4 Å². The van der Waals surface area contributed by atoms with Gasteiger partial charge in [0.1, 0.15) is 6.04 Å². The Morgan fingerprint density at radius 1 is 0.765 bits per heavy atom. The number of carbonyl (C=O) groups is 3. The average Bonchev–Trinajstić information content (AvgIpc) is 2.88. The molecule has 1 atom stereocenters. The van der Waals surface area contributed by atoms with Crippen LogP contribution in [0.2, 0.25) is 0 Å². The summed E-state index contributed by atoms with van der Waals surface area (Å²) in [6.07, 6.45) is 0.209. The van der Waals surface area contributed by atoms with Gasteiger partial charge in [-0.05, 0) is 23.8 Å². The molecule has 4 rings (SSSR count). The molecule has 170 valence electrons. The lowest BCUT2D eigenvalue weighted by atomic mass is 10.0. The highest BCUT2D eigenvalue weighted by Crippen LogP contribution is 2.12. The zero-order chi connectivity index (χ0) is 23.9. The van der Waals surface area contributed by atoms with Crippen molar-refractivity contribution in [3.63, 3.8) is 0 Å². The molecule has 9 nitrogen and oxygen atoms in total. The molecular weight excluding hydrogens is 434 g/mol. The maximum atomic E-state index is 12.9. The largest absolute Gasteiger partial charge is 0.340 e. The fraction of sp³-hybridized carbons (Fsp3) is 0.0800. The maximum absolute atomic E-state index is 12.9. The third kappa shape index (κ3) is 5.16. The number of nitrogens with zero attached hydrogens (tertiary/aromatic N) is 1. The molecule has 3 aromatic carbocycles. The van der Waals surface area contributed by atoms with Crippen molar-refractivity contribution >= 4 is 28.5 Å². The van der Waals surface area contributed by atoms with Crippen LogP contribution in [0.25, 0.3) is 10.8 Å². The molecule has 1 heterocycles.